The van der Waals surface area contributed by atoms with Crippen molar-refractivity contribution < 1.29 is 22.1 Å². The number of aliphatic hydroxyl groups is 1. The average molecular weight is 431 g/mol. The molecule has 0 aromatic heterocycles. The quantitative estimate of drug-likeness (QED) is 0.507. The molecule has 0 heterocycles. The molecule has 0 radical (unpaired) electrons. The maximum absolute atomic E-state index is 10.5. The minimum Gasteiger partial charge on any atom is -1.00 e. The van der Waals surface area contributed by atoms with Gasteiger partial charge >= 0.3 is 114 Å². The van der Waals surface area contributed by atoms with E-state index < -0.39 is 19.6 Å². The van der Waals surface area contributed by atoms with Crippen LogP contribution in [0.4, 0.5) is 0 Å². The first-order valence-corrected chi connectivity index (χ1v) is 11.9. The third-order valence-corrected chi connectivity index (χ3v) is 12.6. The first-order chi connectivity index (χ1) is 7.98. The first kappa shape index (κ1) is 17.0. The van der Waals surface area contributed by atoms with E-state index in [0.717, 1.165) is 12.3 Å². The Morgan fingerprint density at radius 1 is 1.44 bits per heavy atom. The summed E-state index contributed by atoms with van der Waals surface area (Å²) in [7, 11) is 0. The van der Waals surface area contributed by atoms with Gasteiger partial charge in [0.05, 0.1) is 0 Å². The van der Waals surface area contributed by atoms with E-state index in [9.17, 15) is 5.11 Å². The molecule has 3 atom stereocenters. The minimum atomic E-state index is -1.04. The fourth-order valence-corrected chi connectivity index (χ4v) is 10.8. The summed E-state index contributed by atoms with van der Waals surface area (Å²) in [6.45, 7) is 11.1. The maximum atomic E-state index is 10.5. The molecule has 0 amide bonds. The third kappa shape index (κ3) is 2.46. The minimum absolute atomic E-state index is 0. The second-order valence-corrected chi connectivity index (χ2v) is 13.3. The molecule has 18 heavy (non-hydrogen) atoms. The maximum Gasteiger partial charge on any atom is -1.00 e. The average Bonchev–Trinajstić information content (AvgIpc) is 2.62. The molecule has 3 unspecified atom stereocenters. The topological polar surface area (TPSA) is 20.2 Å². The normalized spacial score (nSPS) is 36.7. The van der Waals surface area contributed by atoms with E-state index in [1.165, 1.54) is 26.2 Å². The Labute approximate surface area is 130 Å². The van der Waals surface area contributed by atoms with Crippen LogP contribution < -0.4 is 17.0 Å². The van der Waals surface area contributed by atoms with Crippen molar-refractivity contribution in [1.82, 2.24) is 0 Å². The predicted molar refractivity (Wildman–Crippen MR) is 75.6 cm³/mol. The third-order valence-electron chi connectivity index (χ3n) is 5.61. The molecule has 1 nitrogen and oxygen atoms in total. The Morgan fingerprint density at radius 3 is 2.50 bits per heavy atom. The van der Waals surface area contributed by atoms with Gasteiger partial charge in [-0.25, -0.2) is 0 Å². The van der Waals surface area contributed by atoms with E-state index in [1.54, 1.807) is 0 Å². The predicted octanol–water partition coefficient (Wildman–Crippen LogP) is 0.878. The molecule has 0 aromatic carbocycles. The number of halogens is 1. The molecular formula is C15H27BrOTe. The molecule has 0 spiro atoms. The summed E-state index contributed by atoms with van der Waals surface area (Å²) in [5, 5.41) is 10.5. The van der Waals surface area contributed by atoms with Crippen LogP contribution in [0.3, 0.4) is 0 Å². The van der Waals surface area contributed by atoms with E-state index in [-0.39, 0.29) is 28.5 Å². The van der Waals surface area contributed by atoms with Gasteiger partial charge < -0.3 is 17.0 Å². The van der Waals surface area contributed by atoms with Gasteiger partial charge in [0.15, 0.2) is 0 Å². The van der Waals surface area contributed by atoms with E-state index in [0.29, 0.717) is 5.41 Å². The number of fused-ring (bicyclic) bond motifs is 2. The summed E-state index contributed by atoms with van der Waals surface area (Å²) < 4.78 is 4.02. The molecule has 2 bridgehead atoms. The van der Waals surface area contributed by atoms with Gasteiger partial charge in [0.1, 0.15) is 0 Å². The van der Waals surface area contributed by atoms with Crippen molar-refractivity contribution in [2.45, 2.75) is 59.5 Å². The molecule has 106 valence electrons. The smallest absolute Gasteiger partial charge is 1.00 e. The van der Waals surface area contributed by atoms with Crippen molar-refractivity contribution in [2.24, 2.45) is 16.7 Å². The van der Waals surface area contributed by atoms with Crippen molar-refractivity contribution in [1.29, 1.82) is 0 Å². The molecule has 1 N–H and O–H groups in total. The summed E-state index contributed by atoms with van der Waals surface area (Å²) in [5.41, 5.74) is 0.648. The van der Waals surface area contributed by atoms with Crippen molar-refractivity contribution in [2.75, 3.05) is 0 Å². The number of allylic oxidation sites excluding steroid dienone is 1. The van der Waals surface area contributed by atoms with E-state index in [4.69, 9.17) is 0 Å². The molecule has 0 aliphatic heterocycles. The Hall–Kier alpha value is 0.970. The summed E-state index contributed by atoms with van der Waals surface area (Å²) in [4.78, 5) is 0. The van der Waals surface area contributed by atoms with Crippen LogP contribution in [0.25, 0.3) is 0 Å². The summed E-state index contributed by atoms with van der Waals surface area (Å²) in [6, 6.07) is 0. The molecule has 2 aliphatic rings. The van der Waals surface area contributed by atoms with Gasteiger partial charge in [0.2, 0.25) is 0 Å². The van der Waals surface area contributed by atoms with Crippen molar-refractivity contribution in [3.63, 3.8) is 0 Å². The van der Waals surface area contributed by atoms with Crippen LogP contribution in [0, 0.1) is 16.7 Å². The molecular weight excluding hydrogens is 404 g/mol. The summed E-state index contributed by atoms with van der Waals surface area (Å²) >= 11 is -1.04. The monoisotopic (exact) mass is 432 g/mol. The zero-order chi connectivity index (χ0) is 12.7. The van der Waals surface area contributed by atoms with Crippen molar-refractivity contribution >= 4 is 19.6 Å². The fraction of sp³-hybridized carbons (Fsp3) is 0.867. The Kier molecular flexibility index (Phi) is 5.83. The Morgan fingerprint density at radius 2 is 2.11 bits per heavy atom. The van der Waals surface area contributed by atoms with Crippen LogP contribution in [0.5, 0.6) is 0 Å². The Balaban J connectivity index is 0.00000162. The van der Waals surface area contributed by atoms with Gasteiger partial charge in [-0.2, -0.15) is 0 Å². The van der Waals surface area contributed by atoms with E-state index >= 15 is 0 Å². The SMILES string of the molecule is C=CC[Te+](CC)CC12CCC(CC1O)C2(C)C.[Br-]. The second-order valence-electron chi connectivity index (χ2n) is 6.37. The second kappa shape index (κ2) is 6.17. The van der Waals surface area contributed by atoms with Gasteiger partial charge in [-0.15, -0.1) is 0 Å². The van der Waals surface area contributed by atoms with Crippen LogP contribution in [-0.4, -0.2) is 30.8 Å². The molecule has 2 saturated carbocycles. The van der Waals surface area contributed by atoms with Crippen LogP contribution in [0.15, 0.2) is 12.7 Å². The standard InChI is InChI=1S/C15H27OTe.BrH/c1-5-9-17(6-2)11-15-8-7-12(10-13(15)16)14(15,3)4;/h5,12-13,16H,1,6-11H2,2-4H3;1H/q+1;/p-1. The Bertz CT molecular complexity index is 305. The van der Waals surface area contributed by atoms with Crippen LogP contribution >= 0.6 is 0 Å². The fourth-order valence-electron chi connectivity index (χ4n) is 4.19. The van der Waals surface area contributed by atoms with Gasteiger partial charge in [0.25, 0.3) is 0 Å². The molecule has 0 saturated heterocycles. The summed E-state index contributed by atoms with van der Waals surface area (Å²) in [6.07, 6.45) is 5.80. The summed E-state index contributed by atoms with van der Waals surface area (Å²) in [5.74, 6) is 0.776. The first-order valence-electron chi connectivity index (χ1n) is 6.91. The number of hydrogen-bond donors (Lipinski definition) is 1. The molecule has 2 rings (SSSR count). The van der Waals surface area contributed by atoms with Crippen LogP contribution in [0.1, 0.15) is 40.0 Å². The molecule has 2 fully saturated rings. The largest absolute Gasteiger partial charge is 1.00 e. The zero-order valence-electron chi connectivity index (χ0n) is 11.9. The van der Waals surface area contributed by atoms with Gasteiger partial charge in [-0.05, 0) is 0 Å². The van der Waals surface area contributed by atoms with Gasteiger partial charge in [-0.3, -0.25) is 0 Å². The number of rotatable bonds is 5. The molecule has 2 aliphatic carbocycles. The van der Waals surface area contributed by atoms with Crippen LogP contribution in [0.2, 0.25) is 13.4 Å². The van der Waals surface area contributed by atoms with Gasteiger partial charge in [-0.1, -0.05) is 0 Å². The van der Waals surface area contributed by atoms with Gasteiger partial charge in [0, 0.05) is 0 Å². The molecule has 3 heteroatoms. The van der Waals surface area contributed by atoms with Crippen LogP contribution in [-0.2, 0) is 0 Å². The van der Waals surface area contributed by atoms with E-state index in [1.807, 2.05) is 0 Å². The molecule has 0 aromatic rings. The number of hydrogen-bond acceptors (Lipinski definition) is 1. The van der Waals surface area contributed by atoms with Crippen molar-refractivity contribution in [3.8, 4) is 0 Å². The number of aliphatic hydroxyl groups excluding tert-OH is 1. The zero-order valence-corrected chi connectivity index (χ0v) is 15.8. The van der Waals surface area contributed by atoms with Crippen molar-refractivity contribution in [3.05, 3.63) is 12.7 Å². The van der Waals surface area contributed by atoms with E-state index in [2.05, 4.69) is 33.4 Å².